The van der Waals surface area contributed by atoms with E-state index in [1.54, 1.807) is 19.2 Å². The lowest BCUT2D eigenvalue weighted by atomic mass is 10.1. The van der Waals surface area contributed by atoms with Gasteiger partial charge in [-0.25, -0.2) is 4.39 Å². The molecule has 0 bridgehead atoms. The number of benzene rings is 2. The van der Waals surface area contributed by atoms with Gasteiger partial charge in [-0.15, -0.1) is 24.0 Å². The fraction of sp³-hybridized carbons (Fsp3) is 0.364. The van der Waals surface area contributed by atoms with Gasteiger partial charge >= 0.3 is 0 Å². The van der Waals surface area contributed by atoms with Crippen LogP contribution in [0.5, 0.6) is 5.75 Å². The molecule has 0 saturated heterocycles. The number of hydrogen-bond donors (Lipinski definition) is 2. The van der Waals surface area contributed by atoms with Crippen molar-refractivity contribution in [1.82, 2.24) is 10.6 Å². The summed E-state index contributed by atoms with van der Waals surface area (Å²) >= 11 is 0. The van der Waals surface area contributed by atoms with Crippen molar-refractivity contribution in [3.63, 3.8) is 0 Å². The number of nitrogens with one attached hydrogen (secondary N) is 2. The third kappa shape index (κ3) is 6.89. The van der Waals surface area contributed by atoms with Crippen molar-refractivity contribution in [1.29, 1.82) is 5.26 Å². The Kier molecular flexibility index (Phi) is 8.70. The molecule has 7 heteroatoms. The fourth-order valence-corrected chi connectivity index (χ4v) is 2.77. The Balaban J connectivity index is 0.00000300. The molecule has 29 heavy (non-hydrogen) atoms. The maximum Gasteiger partial charge on any atom is 0.191 e. The van der Waals surface area contributed by atoms with Gasteiger partial charge in [0.15, 0.2) is 5.96 Å². The average Bonchev–Trinajstić information content (AvgIpc) is 3.53. The number of nitriles is 1. The highest BCUT2D eigenvalue weighted by molar-refractivity contribution is 14.0. The molecule has 5 nitrogen and oxygen atoms in total. The van der Waals surface area contributed by atoms with Gasteiger partial charge in [0.05, 0.1) is 18.2 Å². The van der Waals surface area contributed by atoms with E-state index in [9.17, 15) is 4.39 Å². The van der Waals surface area contributed by atoms with Crippen LogP contribution in [0.3, 0.4) is 0 Å². The van der Waals surface area contributed by atoms with Crippen LogP contribution in [0.2, 0.25) is 0 Å². The van der Waals surface area contributed by atoms with E-state index >= 15 is 0 Å². The van der Waals surface area contributed by atoms with Crippen molar-refractivity contribution in [3.05, 3.63) is 64.5 Å². The first-order chi connectivity index (χ1) is 13.6. The maximum atomic E-state index is 14.0. The number of halogens is 2. The Morgan fingerprint density at radius 1 is 1.17 bits per heavy atom. The van der Waals surface area contributed by atoms with Crippen molar-refractivity contribution in [3.8, 4) is 11.8 Å². The van der Waals surface area contributed by atoms with Gasteiger partial charge in [-0.2, -0.15) is 5.26 Å². The molecule has 0 amide bonds. The molecule has 0 unspecified atom stereocenters. The number of hydrogen-bond acceptors (Lipinski definition) is 3. The molecule has 1 aliphatic carbocycles. The van der Waals surface area contributed by atoms with Crippen molar-refractivity contribution in [2.75, 3.05) is 13.7 Å². The summed E-state index contributed by atoms with van der Waals surface area (Å²) in [6, 6.07) is 12.6. The van der Waals surface area contributed by atoms with Crippen LogP contribution in [0.15, 0.2) is 41.4 Å². The first-order valence-electron chi connectivity index (χ1n) is 9.44. The lowest BCUT2D eigenvalue weighted by Gasteiger charge is -2.15. The van der Waals surface area contributed by atoms with E-state index in [1.807, 2.05) is 13.0 Å². The topological polar surface area (TPSA) is 69.4 Å². The summed E-state index contributed by atoms with van der Waals surface area (Å²) in [6.45, 7) is 3.64. The Morgan fingerprint density at radius 3 is 2.48 bits per heavy atom. The second-order valence-electron chi connectivity index (χ2n) is 7.06. The third-order valence-corrected chi connectivity index (χ3v) is 4.69. The zero-order valence-electron chi connectivity index (χ0n) is 16.7. The SMILES string of the molecule is CN=C(NCc1ccc(C#N)cc1F)NCc1ccc(C)cc1OCC1CC1.I. The van der Waals surface area contributed by atoms with E-state index in [4.69, 9.17) is 10.00 Å². The molecule has 1 fully saturated rings. The quantitative estimate of drug-likeness (QED) is 0.333. The molecule has 0 aliphatic heterocycles. The Morgan fingerprint density at radius 2 is 1.86 bits per heavy atom. The molecular weight excluding hydrogens is 482 g/mol. The molecule has 154 valence electrons. The normalized spacial score (nSPS) is 13.2. The predicted octanol–water partition coefficient (Wildman–Crippen LogP) is 4.28. The number of aliphatic imine (C=N–C) groups is 1. The van der Waals surface area contributed by atoms with E-state index in [-0.39, 0.29) is 30.5 Å². The molecule has 0 radical (unpaired) electrons. The van der Waals surface area contributed by atoms with Gasteiger partial charge in [-0.1, -0.05) is 18.2 Å². The summed E-state index contributed by atoms with van der Waals surface area (Å²) in [5, 5.41) is 15.2. The number of rotatable bonds is 7. The molecule has 3 rings (SSSR count). The van der Waals surface area contributed by atoms with Gasteiger partial charge in [-0.3, -0.25) is 4.99 Å². The largest absolute Gasteiger partial charge is 0.493 e. The fourth-order valence-electron chi connectivity index (χ4n) is 2.77. The maximum absolute atomic E-state index is 14.0. The van der Waals surface area contributed by atoms with Gasteiger partial charge < -0.3 is 15.4 Å². The number of nitrogens with zero attached hydrogens (tertiary/aromatic N) is 2. The van der Waals surface area contributed by atoms with Crippen molar-refractivity contribution >= 4 is 29.9 Å². The van der Waals surface area contributed by atoms with Crippen molar-refractivity contribution < 1.29 is 9.13 Å². The second-order valence-corrected chi connectivity index (χ2v) is 7.06. The Bertz CT molecular complexity index is 906. The predicted molar refractivity (Wildman–Crippen MR) is 123 cm³/mol. The van der Waals surface area contributed by atoms with Gasteiger partial charge in [0.2, 0.25) is 0 Å². The van der Waals surface area contributed by atoms with Crippen LogP contribution in [-0.4, -0.2) is 19.6 Å². The van der Waals surface area contributed by atoms with Gasteiger partial charge in [0.1, 0.15) is 11.6 Å². The van der Waals surface area contributed by atoms with E-state index in [0.29, 0.717) is 29.5 Å². The Hall–Kier alpha value is -2.34. The highest BCUT2D eigenvalue weighted by Gasteiger charge is 2.22. The average molecular weight is 508 g/mol. The third-order valence-electron chi connectivity index (χ3n) is 4.69. The molecule has 0 atom stereocenters. The van der Waals surface area contributed by atoms with Gasteiger partial charge in [-0.05, 0) is 49.4 Å². The zero-order chi connectivity index (χ0) is 19.9. The van der Waals surface area contributed by atoms with E-state index < -0.39 is 5.82 Å². The van der Waals surface area contributed by atoms with Crippen LogP contribution in [0.1, 0.15) is 35.1 Å². The smallest absolute Gasteiger partial charge is 0.191 e. The van der Waals surface area contributed by atoms with E-state index in [2.05, 4.69) is 33.8 Å². The zero-order valence-corrected chi connectivity index (χ0v) is 19.0. The molecule has 0 heterocycles. The first kappa shape index (κ1) is 22.9. The van der Waals surface area contributed by atoms with Crippen LogP contribution in [-0.2, 0) is 13.1 Å². The van der Waals surface area contributed by atoms with Crippen LogP contribution < -0.4 is 15.4 Å². The van der Waals surface area contributed by atoms with Crippen LogP contribution in [0.25, 0.3) is 0 Å². The van der Waals surface area contributed by atoms with Crippen LogP contribution in [0, 0.1) is 30.0 Å². The molecule has 0 spiro atoms. The van der Waals surface area contributed by atoms with Crippen LogP contribution in [0.4, 0.5) is 4.39 Å². The lowest BCUT2D eigenvalue weighted by molar-refractivity contribution is 0.296. The molecule has 1 aliphatic rings. The minimum Gasteiger partial charge on any atom is -0.493 e. The highest BCUT2D eigenvalue weighted by atomic mass is 127. The molecule has 2 N–H and O–H groups in total. The summed E-state index contributed by atoms with van der Waals surface area (Å²) in [4.78, 5) is 4.19. The summed E-state index contributed by atoms with van der Waals surface area (Å²) in [7, 11) is 1.67. The summed E-state index contributed by atoms with van der Waals surface area (Å²) in [5.41, 5.74) is 3.00. The molecule has 1 saturated carbocycles. The van der Waals surface area contributed by atoms with Crippen molar-refractivity contribution in [2.24, 2.45) is 10.9 Å². The monoisotopic (exact) mass is 508 g/mol. The Labute approximate surface area is 188 Å². The van der Waals surface area contributed by atoms with Crippen LogP contribution >= 0.6 is 24.0 Å². The van der Waals surface area contributed by atoms with E-state index in [1.165, 1.54) is 18.9 Å². The highest BCUT2D eigenvalue weighted by Crippen LogP contribution is 2.30. The number of ether oxygens (including phenoxy) is 1. The van der Waals surface area contributed by atoms with Gasteiger partial charge in [0, 0.05) is 31.3 Å². The summed E-state index contributed by atoms with van der Waals surface area (Å²) in [6.07, 6.45) is 2.50. The molecule has 2 aromatic rings. The van der Waals surface area contributed by atoms with Gasteiger partial charge in [0.25, 0.3) is 0 Å². The van der Waals surface area contributed by atoms with E-state index in [0.717, 1.165) is 23.5 Å². The number of aryl methyl sites for hydroxylation is 1. The molecular formula is C22H26FIN4O. The minimum atomic E-state index is -0.406. The second kappa shape index (κ2) is 11.0. The summed E-state index contributed by atoms with van der Waals surface area (Å²) < 4.78 is 20.0. The van der Waals surface area contributed by atoms with Crippen molar-refractivity contribution in [2.45, 2.75) is 32.9 Å². The molecule has 0 aromatic heterocycles. The summed E-state index contributed by atoms with van der Waals surface area (Å²) in [5.74, 6) is 1.75. The molecule has 2 aromatic carbocycles. The number of guanidine groups is 1. The minimum absolute atomic E-state index is 0. The lowest BCUT2D eigenvalue weighted by Crippen LogP contribution is -2.36. The standard InChI is InChI=1S/C22H25FN4O.HI/c1-15-3-7-19(21(9-15)28-14-16-4-5-16)13-27-22(25-2)26-12-18-8-6-17(11-24)10-20(18)23;/h3,6-10,16H,4-5,12-14H2,1-2H3,(H2,25,26,27);1H. The first-order valence-corrected chi connectivity index (χ1v) is 9.44.